The first kappa shape index (κ1) is 9.31. The molecule has 0 aliphatic carbocycles. The summed E-state index contributed by atoms with van der Waals surface area (Å²) in [7, 11) is 0. The van der Waals surface area contributed by atoms with E-state index in [1.165, 1.54) is 0 Å². The fraction of sp³-hybridized carbons (Fsp3) is 0.167. The third-order valence-electron chi connectivity index (χ3n) is 1.19. The molecule has 0 saturated heterocycles. The molecule has 2 nitrogen and oxygen atoms in total. The van der Waals surface area contributed by atoms with Gasteiger partial charge in [0.05, 0.1) is 4.60 Å². The number of halogens is 4. The van der Waals surface area contributed by atoms with E-state index in [1.54, 1.807) is 0 Å². The Morgan fingerprint density at radius 3 is 2.33 bits per heavy atom. The van der Waals surface area contributed by atoms with Gasteiger partial charge in [-0.3, -0.25) is 4.79 Å². The largest absolute Gasteiger partial charge is 0.422 e. The van der Waals surface area contributed by atoms with Crippen molar-refractivity contribution in [2.45, 2.75) is 6.18 Å². The van der Waals surface area contributed by atoms with Crippen molar-refractivity contribution in [3.63, 3.8) is 0 Å². The first-order valence-electron chi connectivity index (χ1n) is 2.87. The summed E-state index contributed by atoms with van der Waals surface area (Å²) < 4.78 is 35.8. The summed E-state index contributed by atoms with van der Waals surface area (Å²) in [4.78, 5) is 13.0. The van der Waals surface area contributed by atoms with Gasteiger partial charge in [-0.15, -0.1) is 0 Å². The molecular formula is C6H3BrF3NO. The van der Waals surface area contributed by atoms with Crippen molar-refractivity contribution in [3.05, 3.63) is 32.7 Å². The molecule has 0 fully saturated rings. The van der Waals surface area contributed by atoms with Gasteiger partial charge in [0.1, 0.15) is 5.56 Å². The Morgan fingerprint density at radius 2 is 2.00 bits per heavy atom. The zero-order chi connectivity index (χ0) is 9.35. The molecule has 0 saturated carbocycles. The van der Waals surface area contributed by atoms with Gasteiger partial charge in [0.2, 0.25) is 0 Å². The molecule has 1 heterocycles. The fourth-order valence-corrected chi connectivity index (χ4v) is 1.27. The SMILES string of the molecule is O=c1cc[nH]c(Br)c1C(F)(F)F. The zero-order valence-corrected chi connectivity index (χ0v) is 7.16. The van der Waals surface area contributed by atoms with Crippen molar-refractivity contribution < 1.29 is 13.2 Å². The van der Waals surface area contributed by atoms with Crippen LogP contribution in [0.5, 0.6) is 0 Å². The van der Waals surface area contributed by atoms with Crippen LogP contribution in [0.4, 0.5) is 13.2 Å². The lowest BCUT2D eigenvalue weighted by molar-refractivity contribution is -0.139. The van der Waals surface area contributed by atoms with Crippen molar-refractivity contribution in [2.75, 3.05) is 0 Å². The maximum atomic E-state index is 12.1. The van der Waals surface area contributed by atoms with Gasteiger partial charge in [0.15, 0.2) is 5.43 Å². The average Bonchev–Trinajstić information content (AvgIpc) is 1.82. The minimum atomic E-state index is -4.62. The molecule has 0 bridgehead atoms. The standard InChI is InChI=1S/C6H3BrF3NO/c7-5-4(6(8,9)10)3(12)1-2-11-5/h1-2H,(H,11,12). The highest BCUT2D eigenvalue weighted by atomic mass is 79.9. The number of rotatable bonds is 0. The Bertz CT molecular complexity index is 343. The number of H-pyrrole nitrogens is 1. The highest BCUT2D eigenvalue weighted by Gasteiger charge is 2.35. The van der Waals surface area contributed by atoms with Crippen LogP contribution in [-0.4, -0.2) is 4.98 Å². The molecule has 0 aromatic carbocycles. The van der Waals surface area contributed by atoms with Crippen molar-refractivity contribution in [3.8, 4) is 0 Å². The Morgan fingerprint density at radius 1 is 1.42 bits per heavy atom. The minimum Gasteiger partial charge on any atom is -0.355 e. The Balaban J connectivity index is 3.42. The lowest BCUT2D eigenvalue weighted by Gasteiger charge is -2.06. The number of aromatic nitrogens is 1. The van der Waals surface area contributed by atoms with Gasteiger partial charge in [0, 0.05) is 12.3 Å². The monoisotopic (exact) mass is 241 g/mol. The van der Waals surface area contributed by atoms with Crippen LogP contribution >= 0.6 is 15.9 Å². The number of hydrogen-bond acceptors (Lipinski definition) is 1. The number of aromatic amines is 1. The van der Waals surface area contributed by atoms with Crippen LogP contribution in [0, 0.1) is 0 Å². The maximum Gasteiger partial charge on any atom is 0.422 e. The third kappa shape index (κ3) is 1.69. The Hall–Kier alpha value is -0.780. The number of alkyl halides is 3. The Labute approximate surface area is 73.5 Å². The smallest absolute Gasteiger partial charge is 0.355 e. The summed E-state index contributed by atoms with van der Waals surface area (Å²) in [6.45, 7) is 0. The topological polar surface area (TPSA) is 32.9 Å². The first-order chi connectivity index (χ1) is 5.43. The molecule has 0 aliphatic rings. The zero-order valence-electron chi connectivity index (χ0n) is 5.57. The molecule has 6 heteroatoms. The Kier molecular flexibility index (Phi) is 2.27. The van der Waals surface area contributed by atoms with Crippen LogP contribution < -0.4 is 5.43 Å². The van der Waals surface area contributed by atoms with Gasteiger partial charge in [-0.1, -0.05) is 0 Å². The lowest BCUT2D eigenvalue weighted by atomic mass is 10.3. The van der Waals surface area contributed by atoms with Gasteiger partial charge >= 0.3 is 6.18 Å². The van der Waals surface area contributed by atoms with Crippen LogP contribution in [0.1, 0.15) is 5.56 Å². The molecular weight excluding hydrogens is 239 g/mol. The summed E-state index contributed by atoms with van der Waals surface area (Å²) >= 11 is 2.61. The highest BCUT2D eigenvalue weighted by Crippen LogP contribution is 2.30. The molecule has 0 amide bonds. The van der Waals surface area contributed by atoms with E-state index in [2.05, 4.69) is 20.9 Å². The quantitative estimate of drug-likeness (QED) is 0.694. The van der Waals surface area contributed by atoms with Crippen LogP contribution in [0.25, 0.3) is 0 Å². The maximum absolute atomic E-state index is 12.1. The second-order valence-corrected chi connectivity index (χ2v) is 2.82. The van der Waals surface area contributed by atoms with E-state index < -0.39 is 17.2 Å². The van der Waals surface area contributed by atoms with Crippen molar-refractivity contribution in [1.29, 1.82) is 0 Å². The predicted molar refractivity (Wildman–Crippen MR) is 39.8 cm³/mol. The minimum absolute atomic E-state index is 0.345. The molecule has 1 N–H and O–H groups in total. The van der Waals surface area contributed by atoms with Gasteiger partial charge in [-0.05, 0) is 15.9 Å². The molecule has 66 valence electrons. The summed E-state index contributed by atoms with van der Waals surface area (Å²) in [5.74, 6) is 0. The molecule has 0 aliphatic heterocycles. The van der Waals surface area contributed by atoms with E-state index in [0.29, 0.717) is 0 Å². The normalized spacial score (nSPS) is 11.7. The van der Waals surface area contributed by atoms with Crippen LogP contribution in [-0.2, 0) is 6.18 Å². The van der Waals surface area contributed by atoms with Gasteiger partial charge in [-0.25, -0.2) is 0 Å². The van der Waals surface area contributed by atoms with Crippen LogP contribution in [0.15, 0.2) is 21.7 Å². The van der Waals surface area contributed by atoms with E-state index in [1.807, 2.05) is 0 Å². The van der Waals surface area contributed by atoms with E-state index in [4.69, 9.17) is 0 Å². The van der Waals surface area contributed by atoms with E-state index >= 15 is 0 Å². The molecule has 12 heavy (non-hydrogen) atoms. The molecule has 0 radical (unpaired) electrons. The van der Waals surface area contributed by atoms with Crippen LogP contribution in [0.3, 0.4) is 0 Å². The van der Waals surface area contributed by atoms with E-state index in [0.717, 1.165) is 12.3 Å². The third-order valence-corrected chi connectivity index (χ3v) is 1.82. The van der Waals surface area contributed by atoms with Crippen molar-refractivity contribution in [1.82, 2.24) is 4.98 Å². The average molecular weight is 242 g/mol. The van der Waals surface area contributed by atoms with Crippen LogP contribution in [0.2, 0.25) is 0 Å². The molecule has 0 atom stereocenters. The number of hydrogen-bond donors (Lipinski definition) is 1. The fourth-order valence-electron chi connectivity index (χ4n) is 0.718. The summed E-state index contributed by atoms with van der Waals surface area (Å²) in [5.41, 5.74) is -2.25. The highest BCUT2D eigenvalue weighted by molar-refractivity contribution is 9.10. The second kappa shape index (κ2) is 2.93. The second-order valence-electron chi connectivity index (χ2n) is 2.03. The molecule has 1 rings (SSSR count). The van der Waals surface area contributed by atoms with Gasteiger partial charge < -0.3 is 4.98 Å². The molecule has 0 spiro atoms. The predicted octanol–water partition coefficient (Wildman–Crippen LogP) is 2.16. The van der Waals surface area contributed by atoms with E-state index in [-0.39, 0.29) is 4.60 Å². The van der Waals surface area contributed by atoms with Gasteiger partial charge in [-0.2, -0.15) is 13.2 Å². The summed E-state index contributed by atoms with van der Waals surface area (Å²) in [5, 5.41) is 0. The van der Waals surface area contributed by atoms with Crippen molar-refractivity contribution in [2.24, 2.45) is 0 Å². The van der Waals surface area contributed by atoms with Gasteiger partial charge in [0.25, 0.3) is 0 Å². The molecule has 0 unspecified atom stereocenters. The number of pyridine rings is 1. The van der Waals surface area contributed by atoms with Crippen molar-refractivity contribution >= 4 is 15.9 Å². The molecule has 1 aromatic heterocycles. The lowest BCUT2D eigenvalue weighted by Crippen LogP contribution is -2.19. The van der Waals surface area contributed by atoms with E-state index in [9.17, 15) is 18.0 Å². The summed E-state index contributed by atoms with van der Waals surface area (Å²) in [6.07, 6.45) is -3.48. The number of nitrogens with one attached hydrogen (secondary N) is 1. The molecule has 1 aromatic rings. The first-order valence-corrected chi connectivity index (χ1v) is 3.66. The summed E-state index contributed by atoms with van der Waals surface area (Å²) in [6, 6.07) is 0.827.